The molecule has 0 fully saturated rings. The number of hydrogen-bond acceptors (Lipinski definition) is 2. The van der Waals surface area contributed by atoms with E-state index in [0.29, 0.717) is 18.5 Å². The van der Waals surface area contributed by atoms with Gasteiger partial charge < -0.3 is 11.1 Å². The van der Waals surface area contributed by atoms with Crippen LogP contribution in [-0.4, -0.2) is 30.5 Å². The van der Waals surface area contributed by atoms with Gasteiger partial charge in [-0.3, -0.25) is 9.89 Å². The molecule has 2 aromatic rings. The van der Waals surface area contributed by atoms with Crippen LogP contribution >= 0.6 is 0 Å². The summed E-state index contributed by atoms with van der Waals surface area (Å²) in [5.74, 6) is 0.454. The molecule has 0 saturated heterocycles. The first-order valence-corrected chi connectivity index (χ1v) is 7.92. The first-order chi connectivity index (χ1) is 11.0. The highest BCUT2D eigenvalue weighted by Crippen LogP contribution is 2.09. The van der Waals surface area contributed by atoms with E-state index in [0.717, 1.165) is 12.2 Å². The van der Waals surface area contributed by atoms with E-state index in [1.165, 1.54) is 11.1 Å². The second-order valence-electron chi connectivity index (χ2n) is 5.97. The second kappa shape index (κ2) is 8.34. The fourth-order valence-electron chi connectivity index (χ4n) is 2.31. The second-order valence-corrected chi connectivity index (χ2v) is 5.97. The first-order valence-electron chi connectivity index (χ1n) is 7.92. The van der Waals surface area contributed by atoms with Crippen molar-refractivity contribution in [2.24, 2.45) is 10.7 Å². The Morgan fingerprint density at radius 1 is 1.17 bits per heavy atom. The smallest absolute Gasteiger partial charge is 0.193 e. The highest BCUT2D eigenvalue weighted by molar-refractivity contribution is 5.92. The van der Waals surface area contributed by atoms with Crippen molar-refractivity contribution < 1.29 is 0 Å². The molecule has 1 unspecified atom stereocenters. The molecule has 0 heterocycles. The van der Waals surface area contributed by atoms with Crippen molar-refractivity contribution >= 4 is 11.6 Å². The highest BCUT2D eigenvalue weighted by atomic mass is 15.2. The molecule has 23 heavy (non-hydrogen) atoms. The van der Waals surface area contributed by atoms with Crippen LogP contribution in [0, 0.1) is 6.92 Å². The Hall–Kier alpha value is -2.33. The lowest BCUT2D eigenvalue weighted by atomic mass is 10.2. The third-order valence-electron chi connectivity index (χ3n) is 3.84. The largest absolute Gasteiger partial charge is 0.370 e. The molecule has 0 bridgehead atoms. The number of guanidine groups is 1. The first kappa shape index (κ1) is 17.0. The molecule has 2 rings (SSSR count). The minimum atomic E-state index is 0.313. The van der Waals surface area contributed by atoms with E-state index in [2.05, 4.69) is 66.4 Å². The summed E-state index contributed by atoms with van der Waals surface area (Å²) in [6.07, 6.45) is 0. The average molecular weight is 310 g/mol. The van der Waals surface area contributed by atoms with Gasteiger partial charge in [-0.1, -0.05) is 42.5 Å². The van der Waals surface area contributed by atoms with Crippen LogP contribution in [0.1, 0.15) is 18.1 Å². The van der Waals surface area contributed by atoms with Crippen LogP contribution in [0.3, 0.4) is 0 Å². The van der Waals surface area contributed by atoms with Gasteiger partial charge in [0.25, 0.3) is 0 Å². The number of benzene rings is 2. The number of aliphatic imine (C=N–C) groups is 1. The molecule has 0 spiro atoms. The quantitative estimate of drug-likeness (QED) is 0.636. The molecular formula is C19H26N4. The summed E-state index contributed by atoms with van der Waals surface area (Å²) in [6, 6.07) is 18.8. The van der Waals surface area contributed by atoms with Crippen LogP contribution in [0.5, 0.6) is 0 Å². The van der Waals surface area contributed by atoms with Gasteiger partial charge in [0.1, 0.15) is 0 Å². The molecule has 0 aliphatic heterocycles. The zero-order chi connectivity index (χ0) is 16.7. The molecule has 0 radical (unpaired) electrons. The molecule has 0 aliphatic carbocycles. The number of nitrogens with two attached hydrogens (primary N) is 1. The molecule has 0 amide bonds. The number of nitrogens with zero attached hydrogens (tertiary/aromatic N) is 2. The van der Waals surface area contributed by atoms with Gasteiger partial charge in [-0.25, -0.2) is 0 Å². The standard InChI is InChI=1S/C19H26N4/c1-15-8-7-11-18(12-15)22-19(20)21-13-16(2)23(3)14-17-9-5-4-6-10-17/h4-12,16H,13-14H2,1-3H3,(H3,20,21,22). The van der Waals surface area contributed by atoms with Crippen LogP contribution in [0.15, 0.2) is 59.6 Å². The Morgan fingerprint density at radius 2 is 1.91 bits per heavy atom. The van der Waals surface area contributed by atoms with Crippen molar-refractivity contribution in [2.45, 2.75) is 26.4 Å². The molecule has 0 aliphatic rings. The van der Waals surface area contributed by atoms with Crippen molar-refractivity contribution in [3.63, 3.8) is 0 Å². The van der Waals surface area contributed by atoms with Crippen molar-refractivity contribution in [3.8, 4) is 0 Å². The lowest BCUT2D eigenvalue weighted by molar-refractivity contribution is 0.255. The van der Waals surface area contributed by atoms with E-state index in [9.17, 15) is 0 Å². The molecule has 2 aromatic carbocycles. The number of likely N-dealkylation sites (N-methyl/N-ethyl adjacent to an activating group) is 1. The van der Waals surface area contributed by atoms with Gasteiger partial charge in [0.15, 0.2) is 5.96 Å². The maximum Gasteiger partial charge on any atom is 0.193 e. The molecule has 4 heteroatoms. The molecule has 0 saturated carbocycles. The van der Waals surface area contributed by atoms with Gasteiger partial charge in [0.05, 0.1) is 6.54 Å². The molecule has 0 aromatic heterocycles. The summed E-state index contributed by atoms with van der Waals surface area (Å²) < 4.78 is 0. The van der Waals surface area contributed by atoms with E-state index in [4.69, 9.17) is 5.73 Å². The maximum absolute atomic E-state index is 5.98. The molecule has 1 atom stereocenters. The number of hydrogen-bond donors (Lipinski definition) is 2. The molecular weight excluding hydrogens is 284 g/mol. The summed E-state index contributed by atoms with van der Waals surface area (Å²) in [6.45, 7) is 5.78. The Labute approximate surface area is 139 Å². The van der Waals surface area contributed by atoms with Crippen LogP contribution in [0.2, 0.25) is 0 Å². The zero-order valence-electron chi connectivity index (χ0n) is 14.2. The zero-order valence-corrected chi connectivity index (χ0v) is 14.2. The third kappa shape index (κ3) is 5.75. The van der Waals surface area contributed by atoms with E-state index in [1.807, 2.05) is 24.3 Å². The van der Waals surface area contributed by atoms with Gasteiger partial charge in [-0.15, -0.1) is 0 Å². The van der Waals surface area contributed by atoms with Crippen LogP contribution in [0.4, 0.5) is 5.69 Å². The van der Waals surface area contributed by atoms with Crippen LogP contribution in [-0.2, 0) is 6.54 Å². The predicted octanol–water partition coefficient (Wildman–Crippen LogP) is 3.24. The van der Waals surface area contributed by atoms with Crippen molar-refractivity contribution in [1.82, 2.24) is 4.90 Å². The molecule has 3 N–H and O–H groups in total. The lowest BCUT2D eigenvalue weighted by Crippen LogP contribution is -2.32. The summed E-state index contributed by atoms with van der Waals surface area (Å²) in [5.41, 5.74) is 9.44. The van der Waals surface area contributed by atoms with Crippen LogP contribution in [0.25, 0.3) is 0 Å². The monoisotopic (exact) mass is 310 g/mol. The van der Waals surface area contributed by atoms with E-state index in [-0.39, 0.29) is 0 Å². The van der Waals surface area contributed by atoms with E-state index in [1.54, 1.807) is 0 Å². The topological polar surface area (TPSA) is 53.6 Å². The Balaban J connectivity index is 1.85. The van der Waals surface area contributed by atoms with Gasteiger partial charge in [0, 0.05) is 18.3 Å². The number of aryl methyl sites for hydroxylation is 1. The summed E-state index contributed by atoms with van der Waals surface area (Å²) >= 11 is 0. The number of nitrogens with one attached hydrogen (secondary N) is 1. The van der Waals surface area contributed by atoms with E-state index < -0.39 is 0 Å². The Kier molecular flexibility index (Phi) is 6.18. The van der Waals surface area contributed by atoms with Gasteiger partial charge >= 0.3 is 0 Å². The number of anilines is 1. The summed E-state index contributed by atoms with van der Waals surface area (Å²) in [5, 5.41) is 3.14. The van der Waals surface area contributed by atoms with Gasteiger partial charge in [0.2, 0.25) is 0 Å². The minimum Gasteiger partial charge on any atom is -0.370 e. The highest BCUT2D eigenvalue weighted by Gasteiger charge is 2.09. The van der Waals surface area contributed by atoms with Crippen molar-refractivity contribution in [2.75, 3.05) is 18.9 Å². The SMILES string of the molecule is Cc1cccc(NC(N)=NCC(C)N(C)Cc2ccccc2)c1. The van der Waals surface area contributed by atoms with Crippen molar-refractivity contribution in [3.05, 3.63) is 65.7 Å². The van der Waals surface area contributed by atoms with Gasteiger partial charge in [-0.05, 0) is 44.2 Å². The van der Waals surface area contributed by atoms with Crippen LogP contribution < -0.4 is 11.1 Å². The third-order valence-corrected chi connectivity index (χ3v) is 3.84. The minimum absolute atomic E-state index is 0.313. The maximum atomic E-state index is 5.98. The van der Waals surface area contributed by atoms with Gasteiger partial charge in [-0.2, -0.15) is 0 Å². The lowest BCUT2D eigenvalue weighted by Gasteiger charge is -2.23. The fourth-order valence-corrected chi connectivity index (χ4v) is 2.31. The average Bonchev–Trinajstić information content (AvgIpc) is 2.53. The molecule has 4 nitrogen and oxygen atoms in total. The van der Waals surface area contributed by atoms with E-state index >= 15 is 0 Å². The number of rotatable bonds is 6. The Morgan fingerprint density at radius 3 is 2.61 bits per heavy atom. The normalized spacial score (nSPS) is 13.1. The predicted molar refractivity (Wildman–Crippen MR) is 98.7 cm³/mol. The Bertz CT molecular complexity index is 637. The fraction of sp³-hybridized carbons (Fsp3) is 0.316. The summed E-state index contributed by atoms with van der Waals surface area (Å²) in [7, 11) is 2.11. The summed E-state index contributed by atoms with van der Waals surface area (Å²) in [4.78, 5) is 6.73. The molecule has 122 valence electrons. The van der Waals surface area contributed by atoms with Crippen molar-refractivity contribution in [1.29, 1.82) is 0 Å².